The fraction of sp³-hybridized carbons (Fsp3) is 0.286. The second kappa shape index (κ2) is 10.2. The molecule has 0 atom stereocenters. The Bertz CT molecular complexity index is 1090. The molecule has 0 spiro atoms. The highest BCUT2D eigenvalue weighted by Gasteiger charge is 2.23. The summed E-state index contributed by atoms with van der Waals surface area (Å²) in [4.78, 5) is 26.4. The fourth-order valence-corrected chi connectivity index (χ4v) is 3.90. The van der Waals surface area contributed by atoms with Crippen LogP contribution in [-0.2, 0) is 19.4 Å². The maximum Gasteiger partial charge on any atom is 0.339 e. The van der Waals surface area contributed by atoms with Crippen LogP contribution in [0.1, 0.15) is 29.3 Å². The molecule has 2 aromatic carbocycles. The number of nitrogens with zero attached hydrogens (tertiary/aromatic N) is 2. The Kier molecular flexibility index (Phi) is 7.98. The molecule has 0 heterocycles. The molecule has 0 aliphatic heterocycles. The Balaban J connectivity index is 2.20. The van der Waals surface area contributed by atoms with Crippen molar-refractivity contribution < 1.29 is 22.7 Å². The van der Waals surface area contributed by atoms with E-state index in [-0.39, 0.29) is 29.2 Å². The van der Waals surface area contributed by atoms with Crippen molar-refractivity contribution in [2.24, 2.45) is 0 Å². The topological polar surface area (TPSA) is 105 Å². The Morgan fingerprint density at radius 1 is 1.20 bits per heavy atom. The molecule has 158 valence electrons. The number of nitriles is 1. The Morgan fingerprint density at radius 3 is 2.53 bits per heavy atom. The minimum atomic E-state index is -3.64. The Labute approximate surface area is 180 Å². The summed E-state index contributed by atoms with van der Waals surface area (Å²) in [5.74, 6) is -1.63. The number of esters is 1. The molecule has 0 N–H and O–H groups in total. The second-order valence-corrected chi connectivity index (χ2v) is 9.02. The quantitative estimate of drug-likeness (QED) is 0.572. The number of carbonyl (C=O) groups is 2. The third-order valence-electron chi connectivity index (χ3n) is 4.35. The molecule has 2 aromatic rings. The van der Waals surface area contributed by atoms with E-state index in [1.165, 1.54) is 36.1 Å². The van der Waals surface area contributed by atoms with Crippen LogP contribution in [0.5, 0.6) is 0 Å². The van der Waals surface area contributed by atoms with Gasteiger partial charge < -0.3 is 9.64 Å². The Hall–Kier alpha value is -2.89. The first-order valence-corrected chi connectivity index (χ1v) is 11.2. The van der Waals surface area contributed by atoms with Crippen molar-refractivity contribution in [2.75, 3.05) is 23.8 Å². The molecule has 0 saturated heterocycles. The van der Waals surface area contributed by atoms with Crippen molar-refractivity contribution in [3.8, 4) is 6.07 Å². The normalized spacial score (nSPS) is 10.9. The lowest BCUT2D eigenvalue weighted by Crippen LogP contribution is -2.35. The molecule has 7 nitrogen and oxygen atoms in total. The molecule has 0 aromatic heterocycles. The summed E-state index contributed by atoms with van der Waals surface area (Å²) in [6.45, 7) is 2.76. The number of benzene rings is 2. The van der Waals surface area contributed by atoms with Crippen LogP contribution in [0.15, 0.2) is 47.4 Å². The average molecular weight is 449 g/mol. The SMILES string of the molecule is CCS(=O)(=O)c1ccccc1C(=O)OCC(=O)N(CCC#N)c1ccc(Cl)c(C)c1. The van der Waals surface area contributed by atoms with Gasteiger partial charge in [0.2, 0.25) is 0 Å². The van der Waals surface area contributed by atoms with Gasteiger partial charge in [-0.1, -0.05) is 30.7 Å². The molecular weight excluding hydrogens is 428 g/mol. The van der Waals surface area contributed by atoms with E-state index >= 15 is 0 Å². The third-order valence-corrected chi connectivity index (χ3v) is 6.56. The highest BCUT2D eigenvalue weighted by atomic mass is 35.5. The zero-order valence-electron chi connectivity index (χ0n) is 16.6. The average Bonchev–Trinajstić information content (AvgIpc) is 2.74. The number of ether oxygens (including phenoxy) is 1. The molecule has 0 radical (unpaired) electrons. The van der Waals surface area contributed by atoms with E-state index in [9.17, 15) is 18.0 Å². The van der Waals surface area contributed by atoms with Crippen molar-refractivity contribution in [3.05, 3.63) is 58.6 Å². The van der Waals surface area contributed by atoms with Crippen LogP contribution in [0.25, 0.3) is 0 Å². The third kappa shape index (κ3) is 5.59. The minimum Gasteiger partial charge on any atom is -0.452 e. The van der Waals surface area contributed by atoms with Crippen molar-refractivity contribution in [1.29, 1.82) is 5.26 Å². The van der Waals surface area contributed by atoms with E-state index in [1.54, 1.807) is 25.1 Å². The number of hydrogen-bond acceptors (Lipinski definition) is 6. The standard InChI is InChI=1S/C21H21ClN2O5S/c1-3-30(27,28)19-8-5-4-7-17(19)21(26)29-14-20(25)24(12-6-11-23)16-9-10-18(22)15(2)13-16/h4-5,7-10,13H,3,6,12,14H2,1-2H3. The number of carbonyl (C=O) groups excluding carboxylic acids is 2. The molecule has 0 saturated carbocycles. The number of sulfone groups is 1. The first-order valence-electron chi connectivity index (χ1n) is 9.13. The molecular formula is C21H21ClN2O5S. The highest BCUT2D eigenvalue weighted by molar-refractivity contribution is 7.91. The monoisotopic (exact) mass is 448 g/mol. The van der Waals surface area contributed by atoms with Gasteiger partial charge in [-0.05, 0) is 42.8 Å². The smallest absolute Gasteiger partial charge is 0.339 e. The summed E-state index contributed by atoms with van der Waals surface area (Å²) in [7, 11) is -3.64. The van der Waals surface area contributed by atoms with Gasteiger partial charge in [0.15, 0.2) is 16.4 Å². The molecule has 0 unspecified atom stereocenters. The molecule has 2 rings (SSSR count). The van der Waals surface area contributed by atoms with Crippen molar-refractivity contribution in [3.63, 3.8) is 0 Å². The fourth-order valence-electron chi connectivity index (χ4n) is 2.70. The molecule has 0 fully saturated rings. The number of rotatable bonds is 8. The van der Waals surface area contributed by atoms with E-state index in [1.807, 2.05) is 6.07 Å². The van der Waals surface area contributed by atoms with E-state index in [0.717, 1.165) is 5.56 Å². The summed E-state index contributed by atoms with van der Waals surface area (Å²) >= 11 is 6.03. The van der Waals surface area contributed by atoms with Gasteiger partial charge in [0.1, 0.15) is 0 Å². The summed E-state index contributed by atoms with van der Waals surface area (Å²) in [6, 6.07) is 12.6. The maximum absolute atomic E-state index is 12.7. The van der Waals surface area contributed by atoms with Crippen LogP contribution in [-0.4, -0.2) is 39.2 Å². The first kappa shape index (κ1) is 23.4. The minimum absolute atomic E-state index is 0.0823. The van der Waals surface area contributed by atoms with Gasteiger partial charge in [0.05, 0.1) is 28.7 Å². The van der Waals surface area contributed by atoms with Crippen LogP contribution in [0.3, 0.4) is 0 Å². The second-order valence-electron chi connectivity index (χ2n) is 6.36. The van der Waals surface area contributed by atoms with E-state index in [2.05, 4.69) is 0 Å². The lowest BCUT2D eigenvalue weighted by Gasteiger charge is -2.22. The molecule has 0 bridgehead atoms. The van der Waals surface area contributed by atoms with Gasteiger partial charge in [-0.3, -0.25) is 4.79 Å². The zero-order valence-corrected chi connectivity index (χ0v) is 18.2. The van der Waals surface area contributed by atoms with Crippen LogP contribution in [0.2, 0.25) is 5.02 Å². The molecule has 30 heavy (non-hydrogen) atoms. The molecule has 9 heteroatoms. The summed E-state index contributed by atoms with van der Waals surface area (Å²) in [6.07, 6.45) is 0.0823. The largest absolute Gasteiger partial charge is 0.452 e. The van der Waals surface area contributed by atoms with Gasteiger partial charge in [-0.25, -0.2) is 13.2 Å². The Morgan fingerprint density at radius 2 is 1.90 bits per heavy atom. The van der Waals surface area contributed by atoms with Crippen molar-refractivity contribution in [2.45, 2.75) is 25.2 Å². The van der Waals surface area contributed by atoms with Gasteiger partial charge in [-0.15, -0.1) is 0 Å². The van der Waals surface area contributed by atoms with Crippen LogP contribution in [0.4, 0.5) is 5.69 Å². The van der Waals surface area contributed by atoms with Crippen molar-refractivity contribution >= 4 is 39.0 Å². The number of halogens is 1. The lowest BCUT2D eigenvalue weighted by atomic mass is 10.2. The van der Waals surface area contributed by atoms with Gasteiger partial charge >= 0.3 is 5.97 Å². The number of aryl methyl sites for hydroxylation is 1. The highest BCUT2D eigenvalue weighted by Crippen LogP contribution is 2.23. The van der Waals surface area contributed by atoms with Crippen LogP contribution in [0, 0.1) is 18.3 Å². The number of amides is 1. The summed E-state index contributed by atoms with van der Waals surface area (Å²) in [5, 5.41) is 9.42. The summed E-state index contributed by atoms with van der Waals surface area (Å²) < 4.78 is 29.5. The van der Waals surface area contributed by atoms with Gasteiger partial charge in [0.25, 0.3) is 5.91 Å². The van der Waals surface area contributed by atoms with E-state index in [4.69, 9.17) is 21.6 Å². The van der Waals surface area contributed by atoms with Crippen molar-refractivity contribution in [1.82, 2.24) is 0 Å². The van der Waals surface area contributed by atoms with Crippen LogP contribution < -0.4 is 4.90 Å². The lowest BCUT2D eigenvalue weighted by molar-refractivity contribution is -0.121. The van der Waals surface area contributed by atoms with Crippen LogP contribution >= 0.6 is 11.6 Å². The first-order chi connectivity index (χ1) is 14.2. The van der Waals surface area contributed by atoms with E-state index in [0.29, 0.717) is 10.7 Å². The maximum atomic E-state index is 12.7. The number of anilines is 1. The van der Waals surface area contributed by atoms with E-state index < -0.39 is 28.3 Å². The summed E-state index contributed by atoms with van der Waals surface area (Å²) in [5.41, 5.74) is 1.14. The molecule has 0 aliphatic carbocycles. The molecule has 1 amide bonds. The van der Waals surface area contributed by atoms with Gasteiger partial charge in [0, 0.05) is 17.3 Å². The predicted molar refractivity (Wildman–Crippen MR) is 113 cm³/mol. The predicted octanol–water partition coefficient (Wildman–Crippen LogP) is 3.55. The number of hydrogen-bond donors (Lipinski definition) is 0. The van der Waals surface area contributed by atoms with Gasteiger partial charge in [-0.2, -0.15) is 5.26 Å². The molecule has 0 aliphatic rings. The zero-order chi connectivity index (χ0) is 22.3.